The lowest BCUT2D eigenvalue weighted by atomic mass is 9.91. The van der Waals surface area contributed by atoms with Crippen LogP contribution in [0, 0.1) is 5.92 Å². The van der Waals surface area contributed by atoms with Crippen molar-refractivity contribution in [2.45, 2.75) is 19.3 Å². The van der Waals surface area contributed by atoms with Crippen LogP contribution in [0.4, 0.5) is 0 Å². The third-order valence-corrected chi connectivity index (χ3v) is 3.12. The molecule has 1 aliphatic rings. The predicted molar refractivity (Wildman–Crippen MR) is 63.9 cm³/mol. The van der Waals surface area contributed by atoms with Crippen LogP contribution in [0.5, 0.6) is 0 Å². The number of ketones is 1. The van der Waals surface area contributed by atoms with Gasteiger partial charge in [0, 0.05) is 25.1 Å². The zero-order valence-electron chi connectivity index (χ0n) is 9.43. The fourth-order valence-electron chi connectivity index (χ4n) is 2.27. The Bertz CT molecular complexity index is 350. The SMILES string of the molecule is NN1CCCC(CC(=O)c2ccccc2)C1. The fraction of sp³-hybridized carbons (Fsp3) is 0.462. The number of benzene rings is 1. The Morgan fingerprint density at radius 1 is 1.38 bits per heavy atom. The first kappa shape index (κ1) is 11.3. The van der Waals surface area contributed by atoms with Crippen molar-refractivity contribution < 1.29 is 4.79 Å². The van der Waals surface area contributed by atoms with E-state index in [-0.39, 0.29) is 5.78 Å². The van der Waals surface area contributed by atoms with Gasteiger partial charge in [-0.25, -0.2) is 5.01 Å². The van der Waals surface area contributed by atoms with Crippen LogP contribution < -0.4 is 5.84 Å². The zero-order valence-corrected chi connectivity index (χ0v) is 9.43. The van der Waals surface area contributed by atoms with E-state index in [4.69, 9.17) is 5.84 Å². The van der Waals surface area contributed by atoms with Gasteiger partial charge in [0.2, 0.25) is 0 Å². The third-order valence-electron chi connectivity index (χ3n) is 3.12. The molecule has 86 valence electrons. The quantitative estimate of drug-likeness (QED) is 0.622. The Labute approximate surface area is 96.2 Å². The number of hydrogen-bond acceptors (Lipinski definition) is 3. The van der Waals surface area contributed by atoms with E-state index in [2.05, 4.69) is 0 Å². The summed E-state index contributed by atoms with van der Waals surface area (Å²) in [6, 6.07) is 9.50. The van der Waals surface area contributed by atoms with Crippen molar-refractivity contribution in [2.24, 2.45) is 11.8 Å². The first-order valence-electron chi connectivity index (χ1n) is 5.83. The molecule has 1 aliphatic heterocycles. The summed E-state index contributed by atoms with van der Waals surface area (Å²) in [5.41, 5.74) is 0.816. The molecule has 3 nitrogen and oxygen atoms in total. The molecule has 2 N–H and O–H groups in total. The van der Waals surface area contributed by atoms with Gasteiger partial charge in [-0.3, -0.25) is 10.6 Å². The van der Waals surface area contributed by atoms with E-state index in [1.165, 1.54) is 0 Å². The lowest BCUT2D eigenvalue weighted by Crippen LogP contribution is -2.40. The maximum Gasteiger partial charge on any atom is 0.163 e. The van der Waals surface area contributed by atoms with Gasteiger partial charge in [0.25, 0.3) is 0 Å². The molecule has 0 radical (unpaired) electrons. The highest BCUT2D eigenvalue weighted by atomic mass is 16.1. The minimum Gasteiger partial charge on any atom is -0.294 e. The van der Waals surface area contributed by atoms with Gasteiger partial charge in [0.05, 0.1) is 0 Å². The molecule has 3 heteroatoms. The summed E-state index contributed by atoms with van der Waals surface area (Å²) >= 11 is 0. The topological polar surface area (TPSA) is 46.3 Å². The highest BCUT2D eigenvalue weighted by Crippen LogP contribution is 2.19. The van der Waals surface area contributed by atoms with E-state index >= 15 is 0 Å². The van der Waals surface area contributed by atoms with Crippen molar-refractivity contribution in [3.8, 4) is 0 Å². The Kier molecular flexibility index (Phi) is 3.70. The van der Waals surface area contributed by atoms with Crippen LogP contribution in [0.1, 0.15) is 29.6 Å². The molecule has 2 rings (SSSR count). The normalized spacial score (nSPS) is 21.9. The standard InChI is InChI=1S/C13H18N2O/c14-15-8-4-5-11(10-15)9-13(16)12-6-2-1-3-7-12/h1-3,6-7,11H,4-5,8-10,14H2. The Morgan fingerprint density at radius 3 is 2.81 bits per heavy atom. The summed E-state index contributed by atoms with van der Waals surface area (Å²) in [6.45, 7) is 1.80. The maximum atomic E-state index is 12.0. The maximum absolute atomic E-state index is 12.0. The molecule has 0 aliphatic carbocycles. The Hall–Kier alpha value is -1.19. The number of hydrogen-bond donors (Lipinski definition) is 1. The van der Waals surface area contributed by atoms with E-state index < -0.39 is 0 Å². The Balaban J connectivity index is 1.92. The Morgan fingerprint density at radius 2 is 2.12 bits per heavy atom. The molecule has 0 spiro atoms. The highest BCUT2D eigenvalue weighted by molar-refractivity contribution is 5.96. The summed E-state index contributed by atoms with van der Waals surface area (Å²) in [5.74, 6) is 6.42. The summed E-state index contributed by atoms with van der Waals surface area (Å²) in [7, 11) is 0. The van der Waals surface area contributed by atoms with Crippen molar-refractivity contribution in [3.05, 3.63) is 35.9 Å². The number of piperidine rings is 1. The van der Waals surface area contributed by atoms with Crippen molar-refractivity contribution >= 4 is 5.78 Å². The largest absolute Gasteiger partial charge is 0.294 e. The molecule has 0 bridgehead atoms. The molecule has 0 aromatic heterocycles. The second-order valence-electron chi connectivity index (χ2n) is 4.50. The summed E-state index contributed by atoms with van der Waals surface area (Å²) < 4.78 is 0. The lowest BCUT2D eigenvalue weighted by Gasteiger charge is -2.28. The van der Waals surface area contributed by atoms with Crippen LogP contribution >= 0.6 is 0 Å². The number of hydrazine groups is 1. The number of carbonyl (C=O) groups is 1. The third kappa shape index (κ3) is 2.90. The van der Waals surface area contributed by atoms with Crippen molar-refractivity contribution in [1.29, 1.82) is 0 Å². The van der Waals surface area contributed by atoms with E-state index in [0.717, 1.165) is 31.5 Å². The van der Waals surface area contributed by atoms with Gasteiger partial charge in [-0.05, 0) is 18.8 Å². The second-order valence-corrected chi connectivity index (χ2v) is 4.50. The lowest BCUT2D eigenvalue weighted by molar-refractivity contribution is 0.0918. The molecule has 1 unspecified atom stereocenters. The van der Waals surface area contributed by atoms with Crippen molar-refractivity contribution in [2.75, 3.05) is 13.1 Å². The van der Waals surface area contributed by atoms with E-state index in [0.29, 0.717) is 12.3 Å². The van der Waals surface area contributed by atoms with Crippen LogP contribution in [-0.2, 0) is 0 Å². The van der Waals surface area contributed by atoms with Gasteiger partial charge in [0.1, 0.15) is 0 Å². The van der Waals surface area contributed by atoms with Crippen LogP contribution in [-0.4, -0.2) is 23.9 Å². The number of carbonyl (C=O) groups excluding carboxylic acids is 1. The minimum absolute atomic E-state index is 0.237. The molecule has 0 amide bonds. The average Bonchev–Trinajstić information content (AvgIpc) is 2.30. The molecule has 1 fully saturated rings. The first-order chi connectivity index (χ1) is 7.75. The van der Waals surface area contributed by atoms with Gasteiger partial charge in [-0.1, -0.05) is 30.3 Å². The van der Waals surface area contributed by atoms with Gasteiger partial charge < -0.3 is 0 Å². The van der Waals surface area contributed by atoms with Gasteiger partial charge >= 0.3 is 0 Å². The molecular weight excluding hydrogens is 200 g/mol. The van der Waals surface area contributed by atoms with Crippen molar-refractivity contribution in [3.63, 3.8) is 0 Å². The molecule has 1 saturated heterocycles. The zero-order chi connectivity index (χ0) is 11.4. The first-order valence-corrected chi connectivity index (χ1v) is 5.83. The van der Waals surface area contributed by atoms with Crippen LogP contribution in [0.3, 0.4) is 0 Å². The van der Waals surface area contributed by atoms with E-state index in [1.807, 2.05) is 35.3 Å². The number of Topliss-reactive ketones (excluding diaryl/α,β-unsaturated/α-hetero) is 1. The van der Waals surface area contributed by atoms with E-state index in [9.17, 15) is 4.79 Å². The van der Waals surface area contributed by atoms with Gasteiger partial charge in [-0.2, -0.15) is 0 Å². The monoisotopic (exact) mass is 218 g/mol. The average molecular weight is 218 g/mol. The molecule has 1 heterocycles. The summed E-state index contributed by atoms with van der Waals surface area (Å²) in [4.78, 5) is 12.0. The number of nitrogens with two attached hydrogens (primary N) is 1. The van der Waals surface area contributed by atoms with Crippen molar-refractivity contribution in [1.82, 2.24) is 5.01 Å². The molecule has 1 aromatic rings. The predicted octanol–water partition coefficient (Wildman–Crippen LogP) is 1.85. The van der Waals surface area contributed by atoms with E-state index in [1.54, 1.807) is 0 Å². The molecular formula is C13H18N2O. The molecule has 1 atom stereocenters. The minimum atomic E-state index is 0.237. The second kappa shape index (κ2) is 5.23. The van der Waals surface area contributed by atoms with Gasteiger partial charge in [0.15, 0.2) is 5.78 Å². The molecule has 1 aromatic carbocycles. The van der Waals surface area contributed by atoms with Crippen LogP contribution in [0.2, 0.25) is 0 Å². The molecule has 0 saturated carbocycles. The number of nitrogens with zero attached hydrogens (tertiary/aromatic N) is 1. The highest BCUT2D eigenvalue weighted by Gasteiger charge is 2.20. The summed E-state index contributed by atoms with van der Waals surface area (Å²) in [5, 5.41) is 1.83. The number of rotatable bonds is 3. The molecule has 16 heavy (non-hydrogen) atoms. The fourth-order valence-corrected chi connectivity index (χ4v) is 2.27. The summed E-state index contributed by atoms with van der Waals surface area (Å²) in [6.07, 6.45) is 2.84. The smallest absolute Gasteiger partial charge is 0.163 e. The van der Waals surface area contributed by atoms with Crippen LogP contribution in [0.15, 0.2) is 30.3 Å². The van der Waals surface area contributed by atoms with Crippen LogP contribution in [0.25, 0.3) is 0 Å². The van der Waals surface area contributed by atoms with Gasteiger partial charge in [-0.15, -0.1) is 0 Å².